The van der Waals surface area contributed by atoms with E-state index in [1.807, 2.05) is 43.3 Å². The number of para-hydroxylation sites is 1. The number of amides is 3. The number of piperidine rings is 1. The Morgan fingerprint density at radius 1 is 1.12 bits per heavy atom. The third-order valence-electron chi connectivity index (χ3n) is 5.82. The van der Waals surface area contributed by atoms with Gasteiger partial charge in [-0.1, -0.05) is 18.2 Å². The van der Waals surface area contributed by atoms with Gasteiger partial charge in [0.25, 0.3) is 11.1 Å². The highest BCUT2D eigenvalue weighted by molar-refractivity contribution is 8.18. The van der Waals surface area contributed by atoms with Crippen LogP contribution in [-0.4, -0.2) is 48.7 Å². The number of carbonyl (C=O) groups is 3. The molecular formula is C25H27N3O4S. The van der Waals surface area contributed by atoms with Crippen molar-refractivity contribution < 1.29 is 19.1 Å². The summed E-state index contributed by atoms with van der Waals surface area (Å²) >= 11 is 0.832. The van der Waals surface area contributed by atoms with Crippen LogP contribution in [0.2, 0.25) is 0 Å². The quantitative estimate of drug-likeness (QED) is 0.625. The van der Waals surface area contributed by atoms with Crippen LogP contribution in [0.1, 0.15) is 30.4 Å². The van der Waals surface area contributed by atoms with Gasteiger partial charge in [-0.05, 0) is 67.8 Å². The van der Waals surface area contributed by atoms with Gasteiger partial charge in [0.15, 0.2) is 0 Å². The maximum absolute atomic E-state index is 12.9. The molecule has 3 amide bonds. The number of thioether (sulfide) groups is 1. The zero-order valence-electron chi connectivity index (χ0n) is 18.8. The minimum Gasteiger partial charge on any atom is -0.496 e. The van der Waals surface area contributed by atoms with Crippen molar-refractivity contribution in [3.63, 3.8) is 0 Å². The second-order valence-electron chi connectivity index (χ2n) is 8.10. The van der Waals surface area contributed by atoms with E-state index in [2.05, 4.69) is 10.2 Å². The Morgan fingerprint density at radius 2 is 1.88 bits per heavy atom. The van der Waals surface area contributed by atoms with Gasteiger partial charge in [0.1, 0.15) is 12.3 Å². The molecule has 0 aromatic heterocycles. The molecule has 2 fully saturated rings. The Bertz CT molecular complexity index is 1110. The monoisotopic (exact) mass is 465 g/mol. The molecule has 2 aliphatic rings. The highest BCUT2D eigenvalue weighted by atomic mass is 32.2. The Morgan fingerprint density at radius 3 is 2.61 bits per heavy atom. The summed E-state index contributed by atoms with van der Waals surface area (Å²) in [6, 6.07) is 13.2. The number of anilines is 2. The number of nitrogens with zero attached hydrogens (tertiary/aromatic N) is 2. The van der Waals surface area contributed by atoms with E-state index in [-0.39, 0.29) is 11.4 Å². The summed E-state index contributed by atoms with van der Waals surface area (Å²) in [4.78, 5) is 41.4. The van der Waals surface area contributed by atoms with Crippen molar-refractivity contribution in [3.05, 3.63) is 58.5 Å². The molecular weight excluding hydrogens is 438 g/mol. The molecule has 33 heavy (non-hydrogen) atoms. The van der Waals surface area contributed by atoms with Crippen LogP contribution >= 0.6 is 11.8 Å². The first-order valence-electron chi connectivity index (χ1n) is 11.0. The van der Waals surface area contributed by atoms with Crippen molar-refractivity contribution >= 4 is 46.3 Å². The average molecular weight is 466 g/mol. The van der Waals surface area contributed by atoms with E-state index >= 15 is 0 Å². The predicted octanol–water partition coefficient (Wildman–Crippen LogP) is 4.67. The number of benzene rings is 2. The lowest BCUT2D eigenvalue weighted by Crippen LogP contribution is -2.36. The molecule has 4 rings (SSSR count). The highest BCUT2D eigenvalue weighted by Crippen LogP contribution is 2.35. The van der Waals surface area contributed by atoms with Gasteiger partial charge in [0.2, 0.25) is 5.91 Å². The standard InChI is InChI=1S/C25H27N3O4S/c1-17-8-4-5-9-20(17)26-23(29)16-28-24(30)22(33-25(28)31)14-18-10-11-19(15-21(18)32-2)27-12-6-3-7-13-27/h4-5,8-11,14-15H,3,6-7,12-13,16H2,1-2H3,(H,26,29)/b22-14-. The van der Waals surface area contributed by atoms with Crippen LogP contribution in [0.4, 0.5) is 16.2 Å². The molecule has 7 nitrogen and oxygen atoms in total. The molecule has 0 radical (unpaired) electrons. The second kappa shape index (κ2) is 10.1. The molecule has 8 heteroatoms. The van der Waals surface area contributed by atoms with E-state index in [1.54, 1.807) is 19.3 Å². The molecule has 0 atom stereocenters. The molecule has 2 aliphatic heterocycles. The topological polar surface area (TPSA) is 79.0 Å². The van der Waals surface area contributed by atoms with Gasteiger partial charge in [0.05, 0.1) is 12.0 Å². The first-order chi connectivity index (χ1) is 16.0. The van der Waals surface area contributed by atoms with Crippen LogP contribution in [-0.2, 0) is 9.59 Å². The van der Waals surface area contributed by atoms with Gasteiger partial charge in [-0.25, -0.2) is 0 Å². The number of hydrogen-bond acceptors (Lipinski definition) is 6. The first-order valence-corrected chi connectivity index (χ1v) is 11.8. The minimum absolute atomic E-state index is 0.271. The van der Waals surface area contributed by atoms with Crippen LogP contribution < -0.4 is 15.0 Å². The summed E-state index contributed by atoms with van der Waals surface area (Å²) in [5.41, 5.74) is 3.36. The second-order valence-corrected chi connectivity index (χ2v) is 9.10. The lowest BCUT2D eigenvalue weighted by Gasteiger charge is -2.29. The fourth-order valence-corrected chi connectivity index (χ4v) is 4.82. The number of carbonyl (C=O) groups excluding carboxylic acids is 3. The summed E-state index contributed by atoms with van der Waals surface area (Å²) < 4.78 is 5.56. The molecule has 2 aromatic carbocycles. The number of imide groups is 1. The van der Waals surface area contributed by atoms with Crippen LogP contribution in [0.5, 0.6) is 5.75 Å². The molecule has 2 saturated heterocycles. The Kier molecular flexibility index (Phi) is 7.03. The Balaban J connectivity index is 1.48. The van der Waals surface area contributed by atoms with Crippen molar-refractivity contribution in [2.75, 3.05) is 37.0 Å². The van der Waals surface area contributed by atoms with Gasteiger partial charge < -0.3 is 15.0 Å². The largest absolute Gasteiger partial charge is 0.496 e. The van der Waals surface area contributed by atoms with Crippen LogP contribution in [0, 0.1) is 6.92 Å². The van der Waals surface area contributed by atoms with E-state index in [0.29, 0.717) is 17.0 Å². The number of ether oxygens (including phenoxy) is 1. The summed E-state index contributed by atoms with van der Waals surface area (Å²) in [5.74, 6) is -0.259. The molecule has 0 aliphatic carbocycles. The van der Waals surface area contributed by atoms with Gasteiger partial charge in [-0.15, -0.1) is 0 Å². The number of hydrogen-bond donors (Lipinski definition) is 1. The van der Waals surface area contributed by atoms with Crippen molar-refractivity contribution in [2.24, 2.45) is 0 Å². The van der Waals surface area contributed by atoms with E-state index in [9.17, 15) is 14.4 Å². The van der Waals surface area contributed by atoms with E-state index in [4.69, 9.17) is 4.74 Å². The maximum atomic E-state index is 12.9. The smallest absolute Gasteiger partial charge is 0.294 e. The zero-order valence-corrected chi connectivity index (χ0v) is 19.6. The van der Waals surface area contributed by atoms with Gasteiger partial charge >= 0.3 is 0 Å². The Labute approximate surface area is 197 Å². The summed E-state index contributed by atoms with van der Waals surface area (Å²) in [7, 11) is 1.59. The van der Waals surface area contributed by atoms with Crippen molar-refractivity contribution in [1.29, 1.82) is 0 Å². The Hall–Kier alpha value is -3.26. The number of nitrogens with one attached hydrogen (secondary N) is 1. The fourth-order valence-electron chi connectivity index (χ4n) is 3.99. The third kappa shape index (κ3) is 5.22. The van der Waals surface area contributed by atoms with Gasteiger partial charge in [-0.2, -0.15) is 0 Å². The lowest BCUT2D eigenvalue weighted by molar-refractivity contribution is -0.127. The fraction of sp³-hybridized carbons (Fsp3) is 0.320. The first kappa shape index (κ1) is 22.9. The van der Waals surface area contributed by atoms with Crippen LogP contribution in [0.15, 0.2) is 47.4 Å². The van der Waals surface area contributed by atoms with Crippen LogP contribution in [0.25, 0.3) is 6.08 Å². The van der Waals surface area contributed by atoms with Crippen molar-refractivity contribution in [3.8, 4) is 5.75 Å². The number of methoxy groups -OCH3 is 1. The third-order valence-corrected chi connectivity index (χ3v) is 6.73. The number of rotatable bonds is 6. The molecule has 1 N–H and O–H groups in total. The predicted molar refractivity (Wildman–Crippen MR) is 132 cm³/mol. The molecule has 0 spiro atoms. The average Bonchev–Trinajstić information content (AvgIpc) is 3.08. The van der Waals surface area contributed by atoms with E-state index < -0.39 is 17.1 Å². The minimum atomic E-state index is -0.480. The number of aryl methyl sites for hydroxylation is 1. The summed E-state index contributed by atoms with van der Waals surface area (Å²) in [6.07, 6.45) is 5.26. The summed E-state index contributed by atoms with van der Waals surface area (Å²) in [5, 5.41) is 2.30. The van der Waals surface area contributed by atoms with E-state index in [1.165, 1.54) is 19.3 Å². The van der Waals surface area contributed by atoms with Crippen molar-refractivity contribution in [1.82, 2.24) is 4.90 Å². The lowest BCUT2D eigenvalue weighted by atomic mass is 10.1. The van der Waals surface area contributed by atoms with E-state index in [0.717, 1.165) is 41.0 Å². The highest BCUT2D eigenvalue weighted by Gasteiger charge is 2.36. The molecule has 2 aromatic rings. The van der Waals surface area contributed by atoms with Gasteiger partial charge in [0, 0.05) is 36.1 Å². The normalized spacial score (nSPS) is 17.6. The maximum Gasteiger partial charge on any atom is 0.294 e. The molecule has 0 saturated carbocycles. The molecule has 0 unspecified atom stereocenters. The zero-order chi connectivity index (χ0) is 23.4. The molecule has 0 bridgehead atoms. The van der Waals surface area contributed by atoms with Crippen molar-refractivity contribution in [2.45, 2.75) is 26.2 Å². The summed E-state index contributed by atoms with van der Waals surface area (Å²) in [6.45, 7) is 3.59. The molecule has 2 heterocycles. The van der Waals surface area contributed by atoms with Gasteiger partial charge in [-0.3, -0.25) is 19.3 Å². The molecule has 172 valence electrons. The SMILES string of the molecule is COc1cc(N2CCCCC2)ccc1/C=C1\SC(=O)N(CC(=O)Nc2ccccc2C)C1=O. The van der Waals surface area contributed by atoms with Crippen LogP contribution in [0.3, 0.4) is 0 Å².